The van der Waals surface area contributed by atoms with Gasteiger partial charge < -0.3 is 19.7 Å². The molecule has 2 fully saturated rings. The van der Waals surface area contributed by atoms with Crippen LogP contribution < -0.4 is 4.74 Å². The standard InChI is InChI=1S/C29H32N2O4/c1-18(2)17-35-21-14-12-19(13-15-21)27(32)25-26(23-16-30-24-11-7-6-10-22(23)24)31(29(34)28(25)33)20-8-4-3-5-9-20/h6-7,10-16,18,20,26,30,32H,3-5,8-9,17H2,1-2H3/b27-25+. The van der Waals surface area contributed by atoms with E-state index in [0.29, 0.717) is 23.8 Å². The van der Waals surface area contributed by atoms with Crippen molar-refractivity contribution in [1.82, 2.24) is 9.88 Å². The number of rotatable bonds is 6. The molecule has 1 unspecified atom stereocenters. The Balaban J connectivity index is 1.60. The van der Waals surface area contributed by atoms with E-state index in [1.165, 1.54) is 0 Å². The third kappa shape index (κ3) is 4.33. The van der Waals surface area contributed by atoms with E-state index in [4.69, 9.17) is 4.74 Å². The summed E-state index contributed by atoms with van der Waals surface area (Å²) in [4.78, 5) is 31.8. The number of benzene rings is 2. The van der Waals surface area contributed by atoms with E-state index in [1.54, 1.807) is 29.2 Å². The zero-order valence-electron chi connectivity index (χ0n) is 20.3. The molecular weight excluding hydrogens is 440 g/mol. The van der Waals surface area contributed by atoms with Gasteiger partial charge in [0.15, 0.2) is 0 Å². The summed E-state index contributed by atoms with van der Waals surface area (Å²) in [5.74, 6) is -0.192. The maximum absolute atomic E-state index is 13.4. The summed E-state index contributed by atoms with van der Waals surface area (Å²) in [7, 11) is 0. The van der Waals surface area contributed by atoms with Crippen LogP contribution in [0.1, 0.15) is 63.1 Å². The van der Waals surface area contributed by atoms with Crippen LogP contribution >= 0.6 is 0 Å². The number of aliphatic hydroxyl groups excluding tert-OH is 1. The second-order valence-corrected chi connectivity index (χ2v) is 10.0. The van der Waals surface area contributed by atoms with Gasteiger partial charge in [0.1, 0.15) is 11.5 Å². The van der Waals surface area contributed by atoms with Crippen molar-refractivity contribution in [2.24, 2.45) is 5.92 Å². The summed E-state index contributed by atoms with van der Waals surface area (Å²) in [5, 5.41) is 12.4. The zero-order valence-corrected chi connectivity index (χ0v) is 20.3. The maximum atomic E-state index is 13.4. The van der Waals surface area contributed by atoms with E-state index in [-0.39, 0.29) is 17.4 Å². The van der Waals surface area contributed by atoms with Gasteiger partial charge in [-0.15, -0.1) is 0 Å². The molecule has 1 aromatic heterocycles. The minimum atomic E-state index is -0.633. The summed E-state index contributed by atoms with van der Waals surface area (Å²) in [6.45, 7) is 4.75. The fraction of sp³-hybridized carbons (Fsp3) is 0.379. The van der Waals surface area contributed by atoms with Crippen LogP contribution in [0.3, 0.4) is 0 Å². The van der Waals surface area contributed by atoms with E-state index in [0.717, 1.165) is 48.6 Å². The molecule has 0 spiro atoms. The summed E-state index contributed by atoms with van der Waals surface area (Å²) < 4.78 is 5.76. The number of aromatic nitrogens is 1. The molecule has 2 aliphatic rings. The number of nitrogens with one attached hydrogen (secondary N) is 1. The molecule has 6 heteroatoms. The topological polar surface area (TPSA) is 82.6 Å². The van der Waals surface area contributed by atoms with Crippen LogP contribution in [-0.2, 0) is 9.59 Å². The molecule has 2 aromatic carbocycles. The molecule has 3 aromatic rings. The average Bonchev–Trinajstić information content (AvgIpc) is 3.41. The number of aliphatic hydroxyl groups is 1. The highest BCUT2D eigenvalue weighted by molar-refractivity contribution is 6.46. The first-order valence-electron chi connectivity index (χ1n) is 12.5. The van der Waals surface area contributed by atoms with Crippen molar-refractivity contribution in [3.05, 3.63) is 71.4 Å². The first kappa shape index (κ1) is 23.2. The SMILES string of the molecule is CC(C)COc1ccc(/C(O)=C2\C(=O)C(=O)N(C3CCCCC3)C2c2c[nH]c3ccccc23)cc1. The van der Waals surface area contributed by atoms with Gasteiger partial charge in [-0.05, 0) is 49.1 Å². The maximum Gasteiger partial charge on any atom is 0.295 e. The normalized spacial score (nSPS) is 20.8. The first-order chi connectivity index (χ1) is 17.0. The lowest BCUT2D eigenvalue weighted by molar-refractivity contribution is -0.141. The molecule has 5 rings (SSSR count). The highest BCUT2D eigenvalue weighted by atomic mass is 16.5. The van der Waals surface area contributed by atoms with E-state index < -0.39 is 17.7 Å². The third-order valence-corrected chi connectivity index (χ3v) is 7.08. The number of para-hydroxylation sites is 1. The Hall–Kier alpha value is -3.54. The lowest BCUT2D eigenvalue weighted by Crippen LogP contribution is -2.40. The number of H-pyrrole nitrogens is 1. The van der Waals surface area contributed by atoms with Gasteiger partial charge in [0, 0.05) is 34.3 Å². The van der Waals surface area contributed by atoms with Gasteiger partial charge in [0.25, 0.3) is 11.7 Å². The van der Waals surface area contributed by atoms with E-state index in [1.807, 2.05) is 30.5 Å². The number of ketones is 1. The molecule has 1 saturated heterocycles. The number of fused-ring (bicyclic) bond motifs is 1. The monoisotopic (exact) mass is 472 g/mol. The number of aromatic amines is 1. The first-order valence-corrected chi connectivity index (χ1v) is 12.5. The molecule has 1 atom stereocenters. The second kappa shape index (κ2) is 9.61. The van der Waals surface area contributed by atoms with Crippen LogP contribution in [0.2, 0.25) is 0 Å². The van der Waals surface area contributed by atoms with Crippen LogP contribution in [-0.4, -0.2) is 39.3 Å². The van der Waals surface area contributed by atoms with Gasteiger partial charge in [-0.3, -0.25) is 9.59 Å². The molecular formula is C29H32N2O4. The minimum Gasteiger partial charge on any atom is -0.507 e. The van der Waals surface area contributed by atoms with E-state index in [2.05, 4.69) is 18.8 Å². The van der Waals surface area contributed by atoms with E-state index >= 15 is 0 Å². The Morgan fingerprint density at radius 1 is 1.06 bits per heavy atom. The third-order valence-electron chi connectivity index (χ3n) is 7.08. The smallest absolute Gasteiger partial charge is 0.295 e. The molecule has 6 nitrogen and oxygen atoms in total. The zero-order chi connectivity index (χ0) is 24.5. The minimum absolute atomic E-state index is 0.0176. The van der Waals surface area contributed by atoms with Crippen LogP contribution in [0.25, 0.3) is 16.7 Å². The van der Waals surface area contributed by atoms with Gasteiger partial charge in [0.2, 0.25) is 0 Å². The number of nitrogens with zero attached hydrogens (tertiary/aromatic N) is 1. The molecule has 1 amide bonds. The highest BCUT2D eigenvalue weighted by Crippen LogP contribution is 2.45. The van der Waals surface area contributed by atoms with Crippen LogP contribution in [0.4, 0.5) is 0 Å². The van der Waals surface area contributed by atoms with Crippen molar-refractivity contribution >= 4 is 28.4 Å². The molecule has 0 radical (unpaired) electrons. The summed E-state index contributed by atoms with van der Waals surface area (Å²) in [5.41, 5.74) is 2.42. The van der Waals surface area contributed by atoms with Crippen LogP contribution in [0, 0.1) is 5.92 Å². The van der Waals surface area contributed by atoms with Crippen LogP contribution in [0.5, 0.6) is 5.75 Å². The average molecular weight is 473 g/mol. The van der Waals surface area contributed by atoms with Crippen molar-refractivity contribution in [3.63, 3.8) is 0 Å². The highest BCUT2D eigenvalue weighted by Gasteiger charge is 2.49. The Morgan fingerprint density at radius 3 is 2.49 bits per heavy atom. The number of amides is 1. The Morgan fingerprint density at radius 2 is 1.77 bits per heavy atom. The number of carbonyl (C=O) groups excluding carboxylic acids is 2. The largest absolute Gasteiger partial charge is 0.507 e. The van der Waals surface area contributed by atoms with Crippen molar-refractivity contribution < 1.29 is 19.4 Å². The fourth-order valence-electron chi connectivity index (χ4n) is 5.34. The van der Waals surface area contributed by atoms with Crippen molar-refractivity contribution in [2.75, 3.05) is 6.61 Å². The molecule has 2 N–H and O–H groups in total. The molecule has 182 valence electrons. The fourth-order valence-corrected chi connectivity index (χ4v) is 5.34. The number of hydrogen-bond donors (Lipinski definition) is 2. The van der Waals surface area contributed by atoms with Crippen molar-refractivity contribution in [1.29, 1.82) is 0 Å². The number of Topliss-reactive ketones (excluding diaryl/α,β-unsaturated/α-hetero) is 1. The van der Waals surface area contributed by atoms with Gasteiger partial charge in [-0.1, -0.05) is 51.3 Å². The lowest BCUT2D eigenvalue weighted by atomic mass is 9.91. The molecule has 1 saturated carbocycles. The van der Waals surface area contributed by atoms with Crippen molar-refractivity contribution in [2.45, 2.75) is 58.0 Å². The lowest BCUT2D eigenvalue weighted by Gasteiger charge is -2.35. The molecule has 0 bridgehead atoms. The summed E-state index contributed by atoms with van der Waals surface area (Å²) >= 11 is 0. The predicted molar refractivity (Wildman–Crippen MR) is 136 cm³/mol. The van der Waals surface area contributed by atoms with Gasteiger partial charge >= 0.3 is 0 Å². The predicted octanol–water partition coefficient (Wildman–Crippen LogP) is 5.96. The van der Waals surface area contributed by atoms with Crippen molar-refractivity contribution in [3.8, 4) is 5.75 Å². The molecule has 1 aliphatic carbocycles. The van der Waals surface area contributed by atoms with E-state index in [9.17, 15) is 14.7 Å². The Kier molecular flexibility index (Phi) is 6.37. The van der Waals surface area contributed by atoms with Crippen LogP contribution in [0.15, 0.2) is 60.3 Å². The van der Waals surface area contributed by atoms with Gasteiger partial charge in [0.05, 0.1) is 18.2 Å². The molecule has 2 heterocycles. The summed E-state index contributed by atoms with van der Waals surface area (Å²) in [6, 6.07) is 14.3. The molecule has 1 aliphatic heterocycles. The molecule has 35 heavy (non-hydrogen) atoms. The van der Waals surface area contributed by atoms with Gasteiger partial charge in [-0.2, -0.15) is 0 Å². The Labute approximate surface area is 205 Å². The summed E-state index contributed by atoms with van der Waals surface area (Å²) in [6.07, 6.45) is 6.82. The second-order valence-electron chi connectivity index (χ2n) is 10.0. The Bertz CT molecular complexity index is 1270. The quantitative estimate of drug-likeness (QED) is 0.264. The number of ether oxygens (including phenoxy) is 1. The number of likely N-dealkylation sites (tertiary alicyclic amines) is 1. The number of carbonyl (C=O) groups is 2. The number of hydrogen-bond acceptors (Lipinski definition) is 4. The van der Waals surface area contributed by atoms with Gasteiger partial charge in [-0.25, -0.2) is 0 Å².